The SMILES string of the molecule is CCN(CC)S(=O)(=O)C(N)CN1CCc2ccccc21. The van der Waals surface area contributed by atoms with Gasteiger partial charge in [-0.05, 0) is 18.1 Å². The van der Waals surface area contributed by atoms with Crippen LogP contribution in [0.2, 0.25) is 0 Å². The van der Waals surface area contributed by atoms with E-state index < -0.39 is 15.4 Å². The molecule has 1 unspecified atom stereocenters. The molecule has 0 radical (unpaired) electrons. The average Bonchev–Trinajstić information content (AvgIpc) is 2.83. The largest absolute Gasteiger partial charge is 0.368 e. The Morgan fingerprint density at radius 2 is 1.95 bits per heavy atom. The van der Waals surface area contributed by atoms with Crippen LogP contribution < -0.4 is 10.6 Å². The first kappa shape index (κ1) is 15.3. The van der Waals surface area contributed by atoms with Crippen molar-refractivity contribution in [3.8, 4) is 0 Å². The van der Waals surface area contributed by atoms with E-state index in [1.165, 1.54) is 9.87 Å². The number of anilines is 1. The molecule has 112 valence electrons. The van der Waals surface area contributed by atoms with Crippen LogP contribution in [-0.4, -0.2) is 44.3 Å². The Balaban J connectivity index is 2.12. The second-order valence-corrected chi connectivity index (χ2v) is 7.14. The summed E-state index contributed by atoms with van der Waals surface area (Å²) < 4.78 is 26.2. The van der Waals surface area contributed by atoms with Crippen molar-refractivity contribution in [1.29, 1.82) is 0 Å². The molecule has 6 heteroatoms. The number of hydrogen-bond donors (Lipinski definition) is 1. The highest BCUT2D eigenvalue weighted by Gasteiger charge is 2.30. The van der Waals surface area contributed by atoms with Crippen LogP contribution in [-0.2, 0) is 16.4 Å². The van der Waals surface area contributed by atoms with Gasteiger partial charge in [0.1, 0.15) is 5.37 Å². The van der Waals surface area contributed by atoms with Gasteiger partial charge in [0, 0.05) is 31.9 Å². The lowest BCUT2D eigenvalue weighted by molar-refractivity contribution is 0.435. The lowest BCUT2D eigenvalue weighted by Crippen LogP contribution is -2.49. The Bertz CT molecular complexity index is 555. The van der Waals surface area contributed by atoms with E-state index in [9.17, 15) is 8.42 Å². The standard InChI is InChI=1S/C14H23N3O2S/c1-3-17(4-2)20(18,19)14(15)11-16-10-9-12-7-5-6-8-13(12)16/h5-8,14H,3-4,9-11,15H2,1-2H3. The maximum Gasteiger partial charge on any atom is 0.231 e. The minimum Gasteiger partial charge on any atom is -0.368 e. The zero-order valence-corrected chi connectivity index (χ0v) is 12.9. The van der Waals surface area contributed by atoms with Crippen molar-refractivity contribution < 1.29 is 8.42 Å². The lowest BCUT2D eigenvalue weighted by Gasteiger charge is -2.27. The Labute approximate surface area is 121 Å². The topological polar surface area (TPSA) is 66.6 Å². The maximum absolute atomic E-state index is 12.4. The normalized spacial score (nSPS) is 16.5. The van der Waals surface area contributed by atoms with Crippen LogP contribution in [0, 0.1) is 0 Å². The Hall–Kier alpha value is -1.11. The molecule has 0 saturated heterocycles. The van der Waals surface area contributed by atoms with Gasteiger partial charge in [0.05, 0.1) is 0 Å². The van der Waals surface area contributed by atoms with Crippen molar-refractivity contribution in [2.75, 3.05) is 31.1 Å². The number of hydrogen-bond acceptors (Lipinski definition) is 4. The minimum atomic E-state index is -3.42. The van der Waals surface area contributed by atoms with Crippen LogP contribution in [0.1, 0.15) is 19.4 Å². The zero-order valence-electron chi connectivity index (χ0n) is 12.1. The summed E-state index contributed by atoms with van der Waals surface area (Å²) in [4.78, 5) is 2.07. The van der Waals surface area contributed by atoms with E-state index in [1.807, 2.05) is 32.0 Å². The molecular formula is C14H23N3O2S. The molecule has 0 aromatic heterocycles. The van der Waals surface area contributed by atoms with Crippen molar-refractivity contribution in [2.24, 2.45) is 5.73 Å². The van der Waals surface area contributed by atoms with Gasteiger partial charge in [0.15, 0.2) is 0 Å². The molecule has 20 heavy (non-hydrogen) atoms. The molecule has 1 atom stereocenters. The van der Waals surface area contributed by atoms with Gasteiger partial charge >= 0.3 is 0 Å². The molecule has 0 amide bonds. The summed E-state index contributed by atoms with van der Waals surface area (Å²) in [5.74, 6) is 0. The lowest BCUT2D eigenvalue weighted by atomic mass is 10.2. The summed E-state index contributed by atoms with van der Waals surface area (Å²) >= 11 is 0. The second kappa shape index (κ2) is 6.11. The summed E-state index contributed by atoms with van der Waals surface area (Å²) in [7, 11) is -3.42. The van der Waals surface area contributed by atoms with Gasteiger partial charge in [-0.2, -0.15) is 0 Å². The molecule has 1 aromatic rings. The van der Waals surface area contributed by atoms with E-state index in [-0.39, 0.29) is 0 Å². The van der Waals surface area contributed by atoms with E-state index in [4.69, 9.17) is 5.73 Å². The molecule has 0 spiro atoms. The van der Waals surface area contributed by atoms with Crippen LogP contribution in [0.25, 0.3) is 0 Å². The second-order valence-electron chi connectivity index (χ2n) is 4.99. The predicted octanol–water partition coefficient (Wildman–Crippen LogP) is 1.01. The fourth-order valence-electron chi connectivity index (χ4n) is 2.68. The van der Waals surface area contributed by atoms with Crippen molar-refractivity contribution in [1.82, 2.24) is 4.31 Å². The molecule has 0 saturated carbocycles. The first-order chi connectivity index (χ1) is 9.50. The summed E-state index contributed by atoms with van der Waals surface area (Å²) in [6.07, 6.45) is 0.953. The Kier molecular flexibility index (Phi) is 4.67. The van der Waals surface area contributed by atoms with Gasteiger partial charge in [-0.15, -0.1) is 0 Å². The van der Waals surface area contributed by atoms with Crippen molar-refractivity contribution in [2.45, 2.75) is 25.6 Å². The molecule has 1 aromatic carbocycles. The molecule has 2 N–H and O–H groups in total. The van der Waals surface area contributed by atoms with Crippen molar-refractivity contribution in [3.05, 3.63) is 29.8 Å². The molecular weight excluding hydrogens is 274 g/mol. The molecule has 2 rings (SSSR count). The monoisotopic (exact) mass is 297 g/mol. The number of sulfonamides is 1. The highest BCUT2D eigenvalue weighted by atomic mass is 32.2. The van der Waals surface area contributed by atoms with Gasteiger partial charge in [-0.25, -0.2) is 12.7 Å². The molecule has 0 aliphatic carbocycles. The van der Waals surface area contributed by atoms with Gasteiger partial charge in [-0.1, -0.05) is 32.0 Å². The molecule has 5 nitrogen and oxygen atoms in total. The third-order valence-electron chi connectivity index (χ3n) is 3.83. The molecule has 1 aliphatic rings. The van der Waals surface area contributed by atoms with Gasteiger partial charge in [0.2, 0.25) is 10.0 Å². The van der Waals surface area contributed by atoms with Crippen LogP contribution >= 0.6 is 0 Å². The van der Waals surface area contributed by atoms with E-state index in [1.54, 1.807) is 0 Å². The van der Waals surface area contributed by atoms with Crippen LogP contribution in [0.15, 0.2) is 24.3 Å². The smallest absolute Gasteiger partial charge is 0.231 e. The maximum atomic E-state index is 12.4. The number of benzene rings is 1. The summed E-state index contributed by atoms with van der Waals surface area (Å²) in [5.41, 5.74) is 8.34. The number of nitrogens with two attached hydrogens (primary N) is 1. The summed E-state index contributed by atoms with van der Waals surface area (Å²) in [5, 5.41) is -0.881. The predicted molar refractivity (Wildman–Crippen MR) is 82.2 cm³/mol. The number of fused-ring (bicyclic) bond motifs is 1. The quantitative estimate of drug-likeness (QED) is 0.851. The van der Waals surface area contributed by atoms with E-state index in [0.717, 1.165) is 18.7 Å². The molecule has 1 aliphatic heterocycles. The van der Waals surface area contributed by atoms with Crippen LogP contribution in [0.5, 0.6) is 0 Å². The van der Waals surface area contributed by atoms with Crippen LogP contribution in [0.4, 0.5) is 5.69 Å². The zero-order chi connectivity index (χ0) is 14.8. The van der Waals surface area contributed by atoms with Crippen LogP contribution in [0.3, 0.4) is 0 Å². The Morgan fingerprint density at radius 3 is 2.60 bits per heavy atom. The van der Waals surface area contributed by atoms with Gasteiger partial charge in [0.25, 0.3) is 0 Å². The Morgan fingerprint density at radius 1 is 1.30 bits per heavy atom. The van der Waals surface area contributed by atoms with E-state index in [0.29, 0.717) is 19.6 Å². The molecule has 1 heterocycles. The fraction of sp³-hybridized carbons (Fsp3) is 0.571. The fourth-order valence-corrected chi connectivity index (χ4v) is 4.15. The average molecular weight is 297 g/mol. The van der Waals surface area contributed by atoms with Crippen molar-refractivity contribution in [3.63, 3.8) is 0 Å². The summed E-state index contributed by atoms with van der Waals surface area (Å²) in [6, 6.07) is 8.09. The van der Waals surface area contributed by atoms with E-state index in [2.05, 4.69) is 11.0 Å². The third kappa shape index (κ3) is 2.82. The highest BCUT2D eigenvalue weighted by Crippen LogP contribution is 2.27. The molecule has 0 fully saturated rings. The number of nitrogens with zero attached hydrogens (tertiary/aromatic N) is 2. The van der Waals surface area contributed by atoms with Gasteiger partial charge in [-0.3, -0.25) is 0 Å². The molecule has 0 bridgehead atoms. The number of rotatable bonds is 6. The van der Waals surface area contributed by atoms with Crippen molar-refractivity contribution >= 4 is 15.7 Å². The summed E-state index contributed by atoms with van der Waals surface area (Å²) in [6.45, 7) is 5.76. The highest BCUT2D eigenvalue weighted by molar-refractivity contribution is 7.89. The first-order valence-electron chi connectivity index (χ1n) is 7.08. The van der Waals surface area contributed by atoms with E-state index >= 15 is 0 Å². The minimum absolute atomic E-state index is 0.343. The number of para-hydroxylation sites is 1. The van der Waals surface area contributed by atoms with Gasteiger partial charge < -0.3 is 10.6 Å². The first-order valence-corrected chi connectivity index (χ1v) is 8.58. The third-order valence-corrected chi connectivity index (χ3v) is 5.98.